The summed E-state index contributed by atoms with van der Waals surface area (Å²) in [7, 11) is 0. The van der Waals surface area contributed by atoms with Crippen LogP contribution in [0.5, 0.6) is 0 Å². The van der Waals surface area contributed by atoms with Gasteiger partial charge in [-0.2, -0.15) is 0 Å². The van der Waals surface area contributed by atoms with Gasteiger partial charge in [0, 0.05) is 17.5 Å². The van der Waals surface area contributed by atoms with Crippen LogP contribution < -0.4 is 0 Å². The van der Waals surface area contributed by atoms with Crippen molar-refractivity contribution in [1.29, 1.82) is 0 Å². The first-order chi connectivity index (χ1) is 8.47. The molecular formula is C14H14ClFN2. The highest BCUT2D eigenvalue weighted by Crippen LogP contribution is 2.25. The third-order valence-electron chi connectivity index (χ3n) is 2.70. The van der Waals surface area contributed by atoms with Crippen molar-refractivity contribution in [2.75, 3.05) is 0 Å². The van der Waals surface area contributed by atoms with E-state index in [2.05, 4.69) is 9.97 Å². The molecular weight excluding hydrogens is 251 g/mol. The number of benzene rings is 1. The third kappa shape index (κ3) is 2.67. The van der Waals surface area contributed by atoms with Crippen LogP contribution in [0, 0.1) is 12.7 Å². The predicted molar refractivity (Wildman–Crippen MR) is 71.3 cm³/mol. The van der Waals surface area contributed by atoms with Crippen LogP contribution in [-0.4, -0.2) is 9.97 Å². The zero-order valence-corrected chi connectivity index (χ0v) is 11.3. The average Bonchev–Trinajstić information content (AvgIpc) is 2.31. The molecule has 2 nitrogen and oxygen atoms in total. The molecule has 1 aromatic heterocycles. The Labute approximate surface area is 111 Å². The summed E-state index contributed by atoms with van der Waals surface area (Å²) in [5.41, 5.74) is 2.37. The molecule has 0 unspecified atom stereocenters. The van der Waals surface area contributed by atoms with E-state index in [1.807, 2.05) is 20.8 Å². The predicted octanol–water partition coefficient (Wildman–Crippen LogP) is 4.37. The Bertz CT molecular complexity index is 582. The van der Waals surface area contributed by atoms with E-state index in [-0.39, 0.29) is 11.7 Å². The van der Waals surface area contributed by atoms with Crippen LogP contribution in [0.25, 0.3) is 11.3 Å². The molecule has 0 bridgehead atoms. The van der Waals surface area contributed by atoms with Gasteiger partial charge in [0.15, 0.2) is 0 Å². The van der Waals surface area contributed by atoms with Crippen LogP contribution >= 0.6 is 11.6 Å². The molecule has 0 aliphatic heterocycles. The van der Waals surface area contributed by atoms with Gasteiger partial charge in [0.2, 0.25) is 0 Å². The Balaban J connectivity index is 2.60. The second-order valence-electron chi connectivity index (χ2n) is 4.55. The van der Waals surface area contributed by atoms with Gasteiger partial charge in [0.05, 0.1) is 5.69 Å². The molecule has 0 fully saturated rings. The van der Waals surface area contributed by atoms with Gasteiger partial charge >= 0.3 is 0 Å². The van der Waals surface area contributed by atoms with Crippen molar-refractivity contribution >= 4 is 11.6 Å². The monoisotopic (exact) mass is 264 g/mol. The molecule has 0 saturated carbocycles. The van der Waals surface area contributed by atoms with Gasteiger partial charge in [-0.25, -0.2) is 14.4 Å². The molecule has 0 aliphatic rings. The number of halogens is 2. The first-order valence-electron chi connectivity index (χ1n) is 5.78. The van der Waals surface area contributed by atoms with Crippen LogP contribution in [0.4, 0.5) is 4.39 Å². The molecule has 0 amide bonds. The van der Waals surface area contributed by atoms with Crippen molar-refractivity contribution in [3.8, 4) is 11.3 Å². The fraction of sp³-hybridized carbons (Fsp3) is 0.286. The molecule has 1 aromatic carbocycles. The van der Waals surface area contributed by atoms with Crippen molar-refractivity contribution in [2.45, 2.75) is 26.7 Å². The van der Waals surface area contributed by atoms with Gasteiger partial charge in [0.1, 0.15) is 16.8 Å². The zero-order chi connectivity index (χ0) is 13.3. The van der Waals surface area contributed by atoms with Gasteiger partial charge in [-0.1, -0.05) is 31.5 Å². The van der Waals surface area contributed by atoms with Crippen LogP contribution in [-0.2, 0) is 0 Å². The molecule has 0 radical (unpaired) electrons. The maximum atomic E-state index is 13.3. The normalized spacial score (nSPS) is 11.0. The van der Waals surface area contributed by atoms with Gasteiger partial charge in [0.25, 0.3) is 0 Å². The second kappa shape index (κ2) is 5.02. The van der Waals surface area contributed by atoms with Gasteiger partial charge in [-0.15, -0.1) is 0 Å². The Morgan fingerprint density at radius 1 is 1.17 bits per heavy atom. The molecule has 1 heterocycles. The molecule has 0 spiro atoms. The SMILES string of the molecule is Cc1ccc(F)cc1-c1cc(Cl)nc(C(C)C)n1. The van der Waals surface area contributed by atoms with Gasteiger partial charge in [-0.05, 0) is 24.6 Å². The molecule has 2 aromatic rings. The fourth-order valence-corrected chi connectivity index (χ4v) is 1.89. The third-order valence-corrected chi connectivity index (χ3v) is 2.90. The summed E-state index contributed by atoms with van der Waals surface area (Å²) in [6, 6.07) is 6.30. The number of rotatable bonds is 2. The Kier molecular flexibility index (Phi) is 3.62. The van der Waals surface area contributed by atoms with E-state index in [0.717, 1.165) is 11.1 Å². The fourth-order valence-electron chi connectivity index (χ4n) is 1.70. The van der Waals surface area contributed by atoms with Crippen LogP contribution in [0.3, 0.4) is 0 Å². The van der Waals surface area contributed by atoms with E-state index in [0.29, 0.717) is 16.7 Å². The quantitative estimate of drug-likeness (QED) is 0.753. The lowest BCUT2D eigenvalue weighted by Gasteiger charge is -2.09. The summed E-state index contributed by atoms with van der Waals surface area (Å²) in [5.74, 6) is 0.564. The highest BCUT2D eigenvalue weighted by Gasteiger charge is 2.11. The summed E-state index contributed by atoms with van der Waals surface area (Å²) in [4.78, 5) is 8.61. The maximum absolute atomic E-state index is 13.3. The van der Waals surface area contributed by atoms with Gasteiger partial charge < -0.3 is 0 Å². The van der Waals surface area contributed by atoms with E-state index in [1.165, 1.54) is 12.1 Å². The minimum atomic E-state index is -0.281. The Morgan fingerprint density at radius 2 is 1.89 bits per heavy atom. The summed E-state index contributed by atoms with van der Waals surface area (Å²) in [6.07, 6.45) is 0. The van der Waals surface area contributed by atoms with Crippen LogP contribution in [0.1, 0.15) is 31.2 Å². The first-order valence-corrected chi connectivity index (χ1v) is 6.16. The lowest BCUT2D eigenvalue weighted by Crippen LogP contribution is -2.00. The van der Waals surface area contributed by atoms with Crippen molar-refractivity contribution in [1.82, 2.24) is 9.97 Å². The summed E-state index contributed by atoms with van der Waals surface area (Å²) in [5, 5.41) is 0.382. The topological polar surface area (TPSA) is 25.8 Å². The van der Waals surface area contributed by atoms with Gasteiger partial charge in [-0.3, -0.25) is 0 Å². The second-order valence-corrected chi connectivity index (χ2v) is 4.94. The molecule has 0 saturated heterocycles. The Morgan fingerprint density at radius 3 is 2.56 bits per heavy atom. The lowest BCUT2D eigenvalue weighted by molar-refractivity contribution is 0.628. The molecule has 4 heteroatoms. The largest absolute Gasteiger partial charge is 0.233 e. The molecule has 18 heavy (non-hydrogen) atoms. The van der Waals surface area contributed by atoms with E-state index in [4.69, 9.17) is 11.6 Å². The van der Waals surface area contributed by atoms with E-state index >= 15 is 0 Å². The zero-order valence-electron chi connectivity index (χ0n) is 10.5. The maximum Gasteiger partial charge on any atom is 0.133 e. The van der Waals surface area contributed by atoms with Crippen molar-refractivity contribution in [3.05, 3.63) is 46.6 Å². The number of nitrogens with zero attached hydrogens (tertiary/aromatic N) is 2. The highest BCUT2D eigenvalue weighted by atomic mass is 35.5. The number of aryl methyl sites for hydroxylation is 1. The molecule has 0 N–H and O–H groups in total. The summed E-state index contributed by atoms with van der Waals surface area (Å²) < 4.78 is 13.3. The number of aromatic nitrogens is 2. The van der Waals surface area contributed by atoms with Crippen LogP contribution in [0.2, 0.25) is 5.15 Å². The highest BCUT2D eigenvalue weighted by molar-refractivity contribution is 6.29. The minimum Gasteiger partial charge on any atom is -0.233 e. The van der Waals surface area contributed by atoms with Crippen LogP contribution in [0.15, 0.2) is 24.3 Å². The molecule has 0 aliphatic carbocycles. The summed E-state index contributed by atoms with van der Waals surface area (Å²) >= 11 is 5.99. The average molecular weight is 265 g/mol. The smallest absolute Gasteiger partial charge is 0.133 e. The number of hydrogen-bond donors (Lipinski definition) is 0. The first kappa shape index (κ1) is 13.0. The van der Waals surface area contributed by atoms with Crippen molar-refractivity contribution in [2.24, 2.45) is 0 Å². The van der Waals surface area contributed by atoms with Crippen molar-refractivity contribution < 1.29 is 4.39 Å². The lowest BCUT2D eigenvalue weighted by atomic mass is 10.0. The van der Waals surface area contributed by atoms with E-state index < -0.39 is 0 Å². The van der Waals surface area contributed by atoms with E-state index in [1.54, 1.807) is 12.1 Å². The molecule has 0 atom stereocenters. The van der Waals surface area contributed by atoms with E-state index in [9.17, 15) is 4.39 Å². The molecule has 2 rings (SSSR count). The standard InChI is InChI=1S/C14H14ClFN2/c1-8(2)14-17-12(7-13(15)18-14)11-6-10(16)5-4-9(11)3/h4-8H,1-3H3. The number of hydrogen-bond acceptors (Lipinski definition) is 2. The molecule has 94 valence electrons. The summed E-state index contributed by atoms with van der Waals surface area (Å²) in [6.45, 7) is 5.90. The van der Waals surface area contributed by atoms with Crippen molar-refractivity contribution in [3.63, 3.8) is 0 Å². The Hall–Kier alpha value is -1.48. The minimum absolute atomic E-state index is 0.177.